The number of aliphatic hydroxyl groups is 1. The highest BCUT2D eigenvalue weighted by atomic mass is 16.3. The summed E-state index contributed by atoms with van der Waals surface area (Å²) in [5.74, 6) is 0.0666. The smallest absolute Gasteiger partial charge is 0.193 e. The van der Waals surface area contributed by atoms with Crippen LogP contribution in [0.25, 0.3) is 5.76 Å². The molecular formula is C22H23NO2. The van der Waals surface area contributed by atoms with Crippen LogP contribution in [0.1, 0.15) is 47.2 Å². The maximum Gasteiger partial charge on any atom is 0.193 e. The fraction of sp³-hybridized carbons (Fsp3) is 0.318. The largest absolute Gasteiger partial charge is 0.507 e. The highest BCUT2D eigenvalue weighted by Crippen LogP contribution is 2.33. The predicted octanol–water partition coefficient (Wildman–Crippen LogP) is 4.78. The summed E-state index contributed by atoms with van der Waals surface area (Å²) in [6.07, 6.45) is 5.58. The van der Waals surface area contributed by atoms with Gasteiger partial charge in [-0.05, 0) is 36.6 Å². The van der Waals surface area contributed by atoms with E-state index in [1.165, 1.54) is 31.4 Å². The number of nitrogens with zero attached hydrogens (tertiary/aromatic N) is 1. The summed E-state index contributed by atoms with van der Waals surface area (Å²) in [5.41, 5.74) is 4.18. The number of anilines is 1. The molecule has 3 nitrogen and oxygen atoms in total. The van der Waals surface area contributed by atoms with Gasteiger partial charge in [-0.1, -0.05) is 43.2 Å². The van der Waals surface area contributed by atoms with Crippen LogP contribution < -0.4 is 4.90 Å². The number of Topliss-reactive ketones (excluding diaryl/α,β-unsaturated/α-hetero) is 1. The molecule has 25 heavy (non-hydrogen) atoms. The zero-order valence-electron chi connectivity index (χ0n) is 14.4. The van der Waals surface area contributed by atoms with Gasteiger partial charge >= 0.3 is 0 Å². The number of hydrogen-bond acceptors (Lipinski definition) is 3. The zero-order valence-corrected chi connectivity index (χ0v) is 14.4. The normalized spacial score (nSPS) is 19.5. The summed E-state index contributed by atoms with van der Waals surface area (Å²) < 4.78 is 0. The van der Waals surface area contributed by atoms with Crippen molar-refractivity contribution in [2.24, 2.45) is 0 Å². The van der Waals surface area contributed by atoms with Gasteiger partial charge in [0.1, 0.15) is 5.76 Å². The van der Waals surface area contributed by atoms with E-state index in [-0.39, 0.29) is 11.5 Å². The van der Waals surface area contributed by atoms with E-state index in [4.69, 9.17) is 0 Å². The van der Waals surface area contributed by atoms with E-state index >= 15 is 0 Å². The predicted molar refractivity (Wildman–Crippen MR) is 101 cm³/mol. The molecule has 1 aliphatic heterocycles. The lowest BCUT2D eigenvalue weighted by Gasteiger charge is -2.23. The van der Waals surface area contributed by atoms with Gasteiger partial charge in [0.15, 0.2) is 5.78 Å². The van der Waals surface area contributed by atoms with Crippen LogP contribution in [0.2, 0.25) is 0 Å². The van der Waals surface area contributed by atoms with Crippen molar-refractivity contribution in [3.8, 4) is 0 Å². The van der Waals surface area contributed by atoms with Gasteiger partial charge in [-0.25, -0.2) is 0 Å². The van der Waals surface area contributed by atoms with E-state index in [1.807, 2.05) is 36.4 Å². The first-order valence-electron chi connectivity index (χ1n) is 9.14. The maximum absolute atomic E-state index is 12.7. The first kappa shape index (κ1) is 15.9. The van der Waals surface area contributed by atoms with Gasteiger partial charge < -0.3 is 10.0 Å². The molecule has 128 valence electrons. The van der Waals surface area contributed by atoms with Crippen molar-refractivity contribution in [2.45, 2.75) is 32.1 Å². The molecule has 0 bridgehead atoms. The van der Waals surface area contributed by atoms with Crippen molar-refractivity contribution in [1.29, 1.82) is 0 Å². The third kappa shape index (κ3) is 3.07. The minimum Gasteiger partial charge on any atom is -0.507 e. The highest BCUT2D eigenvalue weighted by molar-refractivity contribution is 6.16. The molecule has 0 radical (unpaired) electrons. The maximum atomic E-state index is 12.7. The second-order valence-electron chi connectivity index (χ2n) is 6.94. The van der Waals surface area contributed by atoms with E-state index in [2.05, 4.69) is 17.0 Å². The number of carbonyl (C=O) groups excluding carboxylic acids is 1. The lowest BCUT2D eigenvalue weighted by atomic mass is 10.1. The third-order valence-corrected chi connectivity index (χ3v) is 5.28. The molecule has 0 aromatic heterocycles. The quantitative estimate of drug-likeness (QED) is 0.635. The summed E-state index contributed by atoms with van der Waals surface area (Å²) in [5, 5.41) is 10.6. The second-order valence-corrected chi connectivity index (χ2v) is 6.94. The molecule has 1 fully saturated rings. The van der Waals surface area contributed by atoms with Crippen LogP contribution in [-0.4, -0.2) is 24.0 Å². The molecule has 1 N–H and O–H groups in total. The molecule has 2 aromatic carbocycles. The minimum atomic E-state index is -0.0428. The molecule has 0 amide bonds. The Morgan fingerprint density at radius 2 is 1.64 bits per heavy atom. The topological polar surface area (TPSA) is 40.5 Å². The molecule has 0 unspecified atom stereocenters. The van der Waals surface area contributed by atoms with Crippen molar-refractivity contribution in [3.63, 3.8) is 0 Å². The molecule has 1 heterocycles. The number of benzene rings is 2. The van der Waals surface area contributed by atoms with Crippen molar-refractivity contribution >= 4 is 17.2 Å². The number of fused-ring (bicyclic) bond motifs is 1. The van der Waals surface area contributed by atoms with Gasteiger partial charge in [-0.3, -0.25) is 4.79 Å². The van der Waals surface area contributed by atoms with Crippen molar-refractivity contribution in [1.82, 2.24) is 0 Å². The van der Waals surface area contributed by atoms with Crippen molar-refractivity contribution in [2.75, 3.05) is 18.0 Å². The monoisotopic (exact) mass is 333 g/mol. The molecule has 4 rings (SSSR count). The molecule has 2 aliphatic rings. The average molecular weight is 333 g/mol. The van der Waals surface area contributed by atoms with Crippen LogP contribution in [0.5, 0.6) is 0 Å². The number of allylic oxidation sites excluding steroid dienone is 1. The van der Waals surface area contributed by atoms with Crippen molar-refractivity contribution in [3.05, 3.63) is 70.8 Å². The van der Waals surface area contributed by atoms with Crippen LogP contribution in [0.3, 0.4) is 0 Å². The zero-order chi connectivity index (χ0) is 17.2. The molecule has 1 aliphatic carbocycles. The Labute approximate surface area is 148 Å². The number of carbonyl (C=O) groups is 1. The van der Waals surface area contributed by atoms with Crippen LogP contribution in [0, 0.1) is 0 Å². The van der Waals surface area contributed by atoms with Crippen molar-refractivity contribution < 1.29 is 9.90 Å². The van der Waals surface area contributed by atoms with Crippen LogP contribution in [0.4, 0.5) is 5.69 Å². The summed E-state index contributed by atoms with van der Waals surface area (Å²) in [6.45, 7) is 2.18. The summed E-state index contributed by atoms with van der Waals surface area (Å²) in [6, 6.07) is 15.5. The van der Waals surface area contributed by atoms with Gasteiger partial charge in [0.25, 0.3) is 0 Å². The van der Waals surface area contributed by atoms with Gasteiger partial charge in [-0.2, -0.15) is 0 Å². The summed E-state index contributed by atoms with van der Waals surface area (Å²) in [7, 11) is 0. The van der Waals surface area contributed by atoms with Crippen LogP contribution in [-0.2, 0) is 6.42 Å². The van der Waals surface area contributed by atoms with Gasteiger partial charge in [0.2, 0.25) is 0 Å². The molecule has 0 atom stereocenters. The lowest BCUT2D eigenvalue weighted by Crippen LogP contribution is -2.23. The van der Waals surface area contributed by atoms with Crippen LogP contribution >= 0.6 is 0 Å². The van der Waals surface area contributed by atoms with Gasteiger partial charge in [-0.15, -0.1) is 0 Å². The Morgan fingerprint density at radius 1 is 0.920 bits per heavy atom. The summed E-state index contributed by atoms with van der Waals surface area (Å²) in [4.78, 5) is 15.1. The first-order valence-corrected chi connectivity index (χ1v) is 9.14. The van der Waals surface area contributed by atoms with E-state index in [0.29, 0.717) is 17.6 Å². The standard InChI is InChI=1S/C22H23NO2/c24-21(16-8-4-3-5-9-16)20-15-17-14-18(10-11-19(17)22(20)25)23-12-6-1-2-7-13-23/h3-5,8-11,14,24H,1-2,6-7,12-13,15H2/b21-20-. The average Bonchev–Trinajstić information content (AvgIpc) is 2.83. The number of rotatable bonds is 2. The molecular weight excluding hydrogens is 310 g/mol. The fourth-order valence-corrected chi connectivity index (χ4v) is 3.87. The van der Waals surface area contributed by atoms with Gasteiger partial charge in [0.05, 0.1) is 0 Å². The molecule has 0 saturated carbocycles. The number of aliphatic hydroxyl groups excluding tert-OH is 1. The van der Waals surface area contributed by atoms with E-state index in [9.17, 15) is 9.90 Å². The van der Waals surface area contributed by atoms with Crippen LogP contribution in [0.15, 0.2) is 54.1 Å². The first-order chi connectivity index (χ1) is 12.2. The Bertz CT molecular complexity index is 815. The SMILES string of the molecule is O=C1/C(=C(\O)c2ccccc2)Cc2cc(N3CCCCCC3)ccc21. The fourth-order valence-electron chi connectivity index (χ4n) is 3.87. The second kappa shape index (κ2) is 6.75. The Hall–Kier alpha value is -2.55. The van der Waals surface area contributed by atoms with E-state index < -0.39 is 0 Å². The highest BCUT2D eigenvalue weighted by Gasteiger charge is 2.29. The Morgan fingerprint density at radius 3 is 2.36 bits per heavy atom. The summed E-state index contributed by atoms with van der Waals surface area (Å²) >= 11 is 0. The molecule has 1 saturated heterocycles. The Balaban J connectivity index is 1.65. The number of ketones is 1. The Kier molecular flexibility index (Phi) is 4.31. The van der Waals surface area contributed by atoms with E-state index in [0.717, 1.165) is 24.2 Å². The molecule has 2 aromatic rings. The number of hydrogen-bond donors (Lipinski definition) is 1. The van der Waals surface area contributed by atoms with Gasteiger partial charge in [0, 0.05) is 41.9 Å². The third-order valence-electron chi connectivity index (χ3n) is 5.28. The minimum absolute atomic E-state index is 0.0428. The molecule has 0 spiro atoms. The molecule has 3 heteroatoms. The lowest BCUT2D eigenvalue weighted by molar-refractivity contribution is 0.103. The van der Waals surface area contributed by atoms with E-state index in [1.54, 1.807) is 0 Å².